The summed E-state index contributed by atoms with van der Waals surface area (Å²) in [5.74, 6) is -0.0366. The van der Waals surface area contributed by atoms with Crippen LogP contribution < -0.4 is 5.32 Å². The van der Waals surface area contributed by atoms with Crippen LogP contribution in [0.4, 0.5) is 9.18 Å². The number of hydrogen-bond acceptors (Lipinski definition) is 4. The summed E-state index contributed by atoms with van der Waals surface area (Å²) in [6.45, 7) is 5.87. The summed E-state index contributed by atoms with van der Waals surface area (Å²) in [6, 6.07) is 12.9. The van der Waals surface area contributed by atoms with Crippen molar-refractivity contribution in [1.82, 2.24) is 15.2 Å². The summed E-state index contributed by atoms with van der Waals surface area (Å²) in [7, 11) is 0. The SMILES string of the molecule is CC(C)c1ccc(C2(C)NC(=O)N(Cc3coc(-c4ccc(F)cc4)n3)C2=O)cc1. The average molecular weight is 407 g/mol. The molecule has 154 valence electrons. The first-order chi connectivity index (χ1) is 14.3. The highest BCUT2D eigenvalue weighted by molar-refractivity contribution is 6.07. The van der Waals surface area contributed by atoms with Crippen molar-refractivity contribution in [2.24, 2.45) is 0 Å². The predicted octanol–water partition coefficient (Wildman–Crippen LogP) is 4.57. The van der Waals surface area contributed by atoms with Crippen molar-refractivity contribution < 1.29 is 18.4 Å². The van der Waals surface area contributed by atoms with Gasteiger partial charge in [0.05, 0.1) is 12.2 Å². The third-order valence-electron chi connectivity index (χ3n) is 5.39. The molecule has 0 bridgehead atoms. The Morgan fingerprint density at radius 3 is 2.40 bits per heavy atom. The van der Waals surface area contributed by atoms with Gasteiger partial charge in [0.2, 0.25) is 5.89 Å². The number of carbonyl (C=O) groups excluding carboxylic acids is 2. The maximum absolute atomic E-state index is 13.1. The van der Waals surface area contributed by atoms with Gasteiger partial charge in [-0.05, 0) is 48.2 Å². The summed E-state index contributed by atoms with van der Waals surface area (Å²) in [5, 5.41) is 2.80. The number of hydrogen-bond donors (Lipinski definition) is 1. The molecular weight excluding hydrogens is 385 g/mol. The van der Waals surface area contributed by atoms with Crippen LogP contribution in [0, 0.1) is 5.82 Å². The molecule has 1 saturated heterocycles. The molecule has 1 aliphatic rings. The van der Waals surface area contributed by atoms with Crippen LogP contribution in [0.15, 0.2) is 59.2 Å². The Labute approximate surface area is 173 Å². The van der Waals surface area contributed by atoms with Gasteiger partial charge >= 0.3 is 6.03 Å². The van der Waals surface area contributed by atoms with Crippen LogP contribution in [0.1, 0.15) is 43.5 Å². The van der Waals surface area contributed by atoms with Crippen LogP contribution in [0.2, 0.25) is 0 Å². The molecule has 30 heavy (non-hydrogen) atoms. The average Bonchev–Trinajstić information content (AvgIpc) is 3.28. The Bertz CT molecular complexity index is 1090. The zero-order valence-electron chi connectivity index (χ0n) is 17.0. The maximum atomic E-state index is 13.1. The number of imide groups is 1. The number of halogens is 1. The van der Waals surface area contributed by atoms with E-state index in [2.05, 4.69) is 24.1 Å². The molecule has 7 heteroatoms. The van der Waals surface area contributed by atoms with Gasteiger partial charge in [0.15, 0.2) is 0 Å². The quantitative estimate of drug-likeness (QED) is 0.629. The second kappa shape index (κ2) is 7.40. The van der Waals surface area contributed by atoms with Crippen LogP contribution in [0.25, 0.3) is 11.5 Å². The lowest BCUT2D eigenvalue weighted by Crippen LogP contribution is -2.40. The zero-order valence-corrected chi connectivity index (χ0v) is 17.0. The summed E-state index contributed by atoms with van der Waals surface area (Å²) in [5.41, 5.74) is 1.77. The van der Waals surface area contributed by atoms with Crippen LogP contribution in [-0.2, 0) is 16.9 Å². The molecule has 0 saturated carbocycles. The highest BCUT2D eigenvalue weighted by Gasteiger charge is 2.49. The lowest BCUT2D eigenvalue weighted by atomic mass is 9.90. The Balaban J connectivity index is 1.54. The first-order valence-corrected chi connectivity index (χ1v) is 9.73. The van der Waals surface area contributed by atoms with E-state index < -0.39 is 11.6 Å². The molecule has 4 rings (SSSR count). The second-order valence-corrected chi connectivity index (χ2v) is 7.87. The van der Waals surface area contributed by atoms with Gasteiger partial charge in [0, 0.05) is 5.56 Å². The molecule has 3 aromatic rings. The van der Waals surface area contributed by atoms with Gasteiger partial charge in [0.25, 0.3) is 5.91 Å². The Morgan fingerprint density at radius 2 is 1.77 bits per heavy atom. The molecule has 0 radical (unpaired) electrons. The van der Waals surface area contributed by atoms with Crippen molar-refractivity contribution in [1.29, 1.82) is 0 Å². The van der Waals surface area contributed by atoms with E-state index in [-0.39, 0.29) is 18.3 Å². The Hall–Kier alpha value is -3.48. The number of oxazole rings is 1. The Morgan fingerprint density at radius 1 is 1.10 bits per heavy atom. The lowest BCUT2D eigenvalue weighted by Gasteiger charge is -2.22. The molecule has 1 aliphatic heterocycles. The number of amides is 3. The monoisotopic (exact) mass is 407 g/mol. The molecular formula is C23H22FN3O3. The van der Waals surface area contributed by atoms with Crippen LogP contribution in [-0.4, -0.2) is 21.8 Å². The minimum absolute atomic E-state index is 0.0188. The van der Waals surface area contributed by atoms with Gasteiger partial charge < -0.3 is 9.73 Å². The van der Waals surface area contributed by atoms with Crippen molar-refractivity contribution in [3.8, 4) is 11.5 Å². The molecule has 1 unspecified atom stereocenters. The number of carbonyl (C=O) groups is 2. The molecule has 2 heterocycles. The maximum Gasteiger partial charge on any atom is 0.325 e. The third kappa shape index (κ3) is 3.47. The highest BCUT2D eigenvalue weighted by atomic mass is 19.1. The van der Waals surface area contributed by atoms with Gasteiger partial charge in [-0.25, -0.2) is 14.2 Å². The standard InChI is InChI=1S/C23H22FN3O3/c1-14(2)15-4-8-17(9-5-15)23(3)21(28)27(22(29)26-23)12-19-13-30-20(25-19)16-6-10-18(24)11-7-16/h4-11,13-14H,12H2,1-3H3,(H,26,29). The summed E-state index contributed by atoms with van der Waals surface area (Å²) < 4.78 is 18.5. The van der Waals surface area contributed by atoms with Gasteiger partial charge in [-0.1, -0.05) is 38.1 Å². The van der Waals surface area contributed by atoms with Gasteiger partial charge in [-0.2, -0.15) is 0 Å². The van der Waals surface area contributed by atoms with E-state index in [0.717, 1.165) is 16.0 Å². The van der Waals surface area contributed by atoms with E-state index >= 15 is 0 Å². The van der Waals surface area contributed by atoms with E-state index in [4.69, 9.17) is 4.42 Å². The van der Waals surface area contributed by atoms with E-state index in [0.29, 0.717) is 23.1 Å². The fourth-order valence-electron chi connectivity index (χ4n) is 3.50. The molecule has 0 aliphatic carbocycles. The van der Waals surface area contributed by atoms with Crippen LogP contribution in [0.3, 0.4) is 0 Å². The molecule has 6 nitrogen and oxygen atoms in total. The normalized spacial score (nSPS) is 18.9. The molecule has 1 aromatic heterocycles. The van der Waals surface area contributed by atoms with Crippen molar-refractivity contribution in [2.75, 3.05) is 0 Å². The van der Waals surface area contributed by atoms with Crippen molar-refractivity contribution in [3.63, 3.8) is 0 Å². The fraction of sp³-hybridized carbons (Fsp3) is 0.261. The zero-order chi connectivity index (χ0) is 21.5. The van der Waals surface area contributed by atoms with Crippen LogP contribution in [0.5, 0.6) is 0 Å². The minimum atomic E-state index is -1.14. The Kier molecular flexibility index (Phi) is 4.89. The van der Waals surface area contributed by atoms with Crippen molar-refractivity contribution in [2.45, 2.75) is 38.8 Å². The van der Waals surface area contributed by atoms with E-state index in [1.54, 1.807) is 19.1 Å². The number of aromatic nitrogens is 1. The number of benzene rings is 2. The van der Waals surface area contributed by atoms with Crippen molar-refractivity contribution in [3.05, 3.63) is 77.4 Å². The number of rotatable bonds is 5. The molecule has 0 spiro atoms. The number of urea groups is 1. The number of nitrogens with zero attached hydrogens (tertiary/aromatic N) is 2. The van der Waals surface area contributed by atoms with Crippen molar-refractivity contribution >= 4 is 11.9 Å². The molecule has 1 fully saturated rings. The molecule has 3 amide bonds. The molecule has 1 atom stereocenters. The van der Waals surface area contributed by atoms with E-state index in [9.17, 15) is 14.0 Å². The van der Waals surface area contributed by atoms with Gasteiger partial charge in [0.1, 0.15) is 17.6 Å². The largest absolute Gasteiger partial charge is 0.444 e. The summed E-state index contributed by atoms with van der Waals surface area (Å²) >= 11 is 0. The van der Waals surface area contributed by atoms with E-state index in [1.165, 1.54) is 18.4 Å². The first kappa shape index (κ1) is 19.8. The lowest BCUT2D eigenvalue weighted by molar-refractivity contribution is -0.131. The summed E-state index contributed by atoms with van der Waals surface area (Å²) in [6.07, 6.45) is 1.40. The smallest absolute Gasteiger partial charge is 0.325 e. The van der Waals surface area contributed by atoms with Gasteiger partial charge in [-0.3, -0.25) is 9.69 Å². The molecule has 1 N–H and O–H groups in total. The highest BCUT2D eigenvalue weighted by Crippen LogP contribution is 2.31. The topological polar surface area (TPSA) is 75.4 Å². The van der Waals surface area contributed by atoms with Gasteiger partial charge in [-0.15, -0.1) is 0 Å². The third-order valence-corrected chi connectivity index (χ3v) is 5.39. The fourth-order valence-corrected chi connectivity index (χ4v) is 3.50. The summed E-state index contributed by atoms with van der Waals surface area (Å²) in [4.78, 5) is 31.1. The van der Waals surface area contributed by atoms with E-state index in [1.807, 2.05) is 24.3 Å². The number of nitrogens with one attached hydrogen (secondary N) is 1. The molecule has 2 aromatic carbocycles. The second-order valence-electron chi connectivity index (χ2n) is 7.87. The van der Waals surface area contributed by atoms with Crippen LogP contribution >= 0.6 is 0 Å². The minimum Gasteiger partial charge on any atom is -0.444 e. The predicted molar refractivity (Wildman–Crippen MR) is 109 cm³/mol. The first-order valence-electron chi connectivity index (χ1n) is 9.73.